The van der Waals surface area contributed by atoms with Crippen molar-refractivity contribution >= 4 is 21.6 Å². The molecule has 2 aromatic rings. The number of fused-ring (bicyclic) bond motifs is 1. The minimum atomic E-state index is -3.68. The van der Waals surface area contributed by atoms with Crippen LogP contribution in [0.4, 0.5) is 10.1 Å². The van der Waals surface area contributed by atoms with Crippen molar-refractivity contribution in [1.82, 2.24) is 4.72 Å². The molecule has 2 N–H and O–H groups in total. The highest BCUT2D eigenvalue weighted by atomic mass is 32.2. The average Bonchev–Trinajstić information content (AvgIpc) is 2.55. The summed E-state index contributed by atoms with van der Waals surface area (Å²) in [5.74, 6) is -0.675. The highest BCUT2D eigenvalue weighted by Crippen LogP contribution is 2.28. The largest absolute Gasteiger partial charge is 0.477 e. The number of nitrogens with one attached hydrogen (secondary N) is 2. The normalized spacial score (nSPS) is 16.9. The Balaban J connectivity index is 1.62. The molecule has 1 aliphatic rings. The molecule has 1 amide bonds. The Morgan fingerprint density at radius 1 is 1.12 bits per heavy atom. The zero-order chi connectivity index (χ0) is 17.2. The number of amides is 1. The van der Waals surface area contributed by atoms with Crippen LogP contribution < -0.4 is 14.8 Å². The first-order valence-electron chi connectivity index (χ1n) is 7.21. The Kier molecular flexibility index (Phi) is 4.50. The summed E-state index contributed by atoms with van der Waals surface area (Å²) < 4.78 is 44.9. The second-order valence-corrected chi connectivity index (χ2v) is 7.13. The molecule has 1 unspecified atom stereocenters. The number of halogens is 1. The molecule has 0 spiro atoms. The standard InChI is InChI=1S/C16H15FN2O4S/c17-12-7-5-11(6-8-12)10-24(21,22)18-9-15-16(20)19-13-3-1-2-4-14(13)23-15/h1-8,15,18H,9-10H2,(H,19,20). The molecular formula is C16H15FN2O4S. The molecule has 0 saturated heterocycles. The van der Waals surface area contributed by atoms with Crippen LogP contribution in [0.25, 0.3) is 0 Å². The number of ether oxygens (including phenoxy) is 1. The minimum absolute atomic E-state index is 0.191. The number of sulfonamides is 1. The van der Waals surface area contributed by atoms with Crippen LogP contribution in [0.3, 0.4) is 0 Å². The van der Waals surface area contributed by atoms with Crippen LogP contribution >= 0.6 is 0 Å². The third-order valence-corrected chi connectivity index (χ3v) is 4.79. The average molecular weight is 350 g/mol. The van der Waals surface area contributed by atoms with Crippen molar-refractivity contribution in [2.75, 3.05) is 11.9 Å². The van der Waals surface area contributed by atoms with Gasteiger partial charge in [-0.2, -0.15) is 0 Å². The number of para-hydroxylation sites is 2. The van der Waals surface area contributed by atoms with Gasteiger partial charge in [-0.1, -0.05) is 24.3 Å². The lowest BCUT2D eigenvalue weighted by molar-refractivity contribution is -0.123. The topological polar surface area (TPSA) is 84.5 Å². The van der Waals surface area contributed by atoms with Crippen molar-refractivity contribution in [2.45, 2.75) is 11.9 Å². The summed E-state index contributed by atoms with van der Waals surface area (Å²) in [6.45, 7) is -0.191. The van der Waals surface area contributed by atoms with Gasteiger partial charge in [0.15, 0.2) is 6.10 Å². The second-order valence-electron chi connectivity index (χ2n) is 5.33. The molecule has 0 aromatic heterocycles. The molecule has 0 radical (unpaired) electrons. The van der Waals surface area contributed by atoms with E-state index in [1.807, 2.05) is 0 Å². The zero-order valence-corrected chi connectivity index (χ0v) is 13.3. The van der Waals surface area contributed by atoms with E-state index in [-0.39, 0.29) is 12.3 Å². The molecule has 0 bridgehead atoms. The van der Waals surface area contributed by atoms with Gasteiger partial charge in [0.1, 0.15) is 11.6 Å². The summed E-state index contributed by atoms with van der Waals surface area (Å²) in [5.41, 5.74) is 0.996. The highest BCUT2D eigenvalue weighted by molar-refractivity contribution is 7.88. The third kappa shape index (κ3) is 3.90. The number of carbonyl (C=O) groups excluding carboxylic acids is 1. The quantitative estimate of drug-likeness (QED) is 0.859. The fraction of sp³-hybridized carbons (Fsp3) is 0.188. The van der Waals surface area contributed by atoms with Crippen LogP contribution in [-0.2, 0) is 20.6 Å². The number of hydrogen-bond donors (Lipinski definition) is 2. The molecule has 1 aliphatic heterocycles. The maximum atomic E-state index is 12.8. The van der Waals surface area contributed by atoms with Crippen molar-refractivity contribution in [3.05, 3.63) is 59.9 Å². The molecule has 24 heavy (non-hydrogen) atoms. The van der Waals surface area contributed by atoms with Crippen LogP contribution in [0.2, 0.25) is 0 Å². The Labute approximate surface area is 138 Å². The Morgan fingerprint density at radius 3 is 2.58 bits per heavy atom. The van der Waals surface area contributed by atoms with Crippen molar-refractivity contribution in [2.24, 2.45) is 0 Å². The van der Waals surface area contributed by atoms with Gasteiger partial charge in [0.25, 0.3) is 5.91 Å². The number of rotatable bonds is 5. The molecule has 8 heteroatoms. The molecule has 126 valence electrons. The summed E-state index contributed by atoms with van der Waals surface area (Å²) in [6.07, 6.45) is -0.956. The van der Waals surface area contributed by atoms with Crippen LogP contribution in [0.5, 0.6) is 5.75 Å². The Morgan fingerprint density at radius 2 is 1.83 bits per heavy atom. The van der Waals surface area contributed by atoms with Gasteiger partial charge < -0.3 is 10.1 Å². The summed E-state index contributed by atoms with van der Waals surface area (Å²) in [5, 5.41) is 2.66. The molecule has 0 saturated carbocycles. The first kappa shape index (κ1) is 16.4. The predicted octanol–water partition coefficient (Wildman–Crippen LogP) is 1.64. The Bertz CT molecular complexity index is 853. The predicted molar refractivity (Wildman–Crippen MR) is 86.5 cm³/mol. The van der Waals surface area contributed by atoms with E-state index >= 15 is 0 Å². The zero-order valence-electron chi connectivity index (χ0n) is 12.5. The van der Waals surface area contributed by atoms with Gasteiger partial charge in [0.2, 0.25) is 10.0 Å². The molecule has 1 heterocycles. The summed E-state index contributed by atoms with van der Waals surface area (Å²) in [6, 6.07) is 12.1. The van der Waals surface area contributed by atoms with Crippen molar-refractivity contribution in [1.29, 1.82) is 0 Å². The molecule has 6 nitrogen and oxygen atoms in total. The number of anilines is 1. The first-order chi connectivity index (χ1) is 11.4. The third-order valence-electron chi connectivity index (χ3n) is 3.47. The lowest BCUT2D eigenvalue weighted by atomic mass is 10.2. The van der Waals surface area contributed by atoms with Crippen LogP contribution in [0.1, 0.15) is 5.56 Å². The van der Waals surface area contributed by atoms with Crippen LogP contribution in [0.15, 0.2) is 48.5 Å². The molecule has 0 aliphatic carbocycles. The summed E-state index contributed by atoms with van der Waals surface area (Å²) in [4.78, 5) is 12.0. The van der Waals surface area contributed by atoms with E-state index in [9.17, 15) is 17.6 Å². The Hall–Kier alpha value is -2.45. The lowest BCUT2D eigenvalue weighted by Gasteiger charge is -2.25. The van der Waals surface area contributed by atoms with Crippen LogP contribution in [0, 0.1) is 5.82 Å². The first-order valence-corrected chi connectivity index (χ1v) is 8.86. The van der Waals surface area contributed by atoms with E-state index in [2.05, 4.69) is 10.0 Å². The monoisotopic (exact) mass is 350 g/mol. The molecular weight excluding hydrogens is 335 g/mol. The summed E-state index contributed by atoms with van der Waals surface area (Å²) >= 11 is 0. The van der Waals surface area contributed by atoms with Gasteiger partial charge in [0.05, 0.1) is 18.0 Å². The maximum Gasteiger partial charge on any atom is 0.266 e. The molecule has 2 aromatic carbocycles. The summed E-state index contributed by atoms with van der Waals surface area (Å²) in [7, 11) is -3.68. The van der Waals surface area contributed by atoms with Gasteiger partial charge in [-0.15, -0.1) is 0 Å². The maximum absolute atomic E-state index is 12.8. The number of carbonyl (C=O) groups is 1. The van der Waals surface area contributed by atoms with Gasteiger partial charge in [-0.25, -0.2) is 17.5 Å². The fourth-order valence-corrected chi connectivity index (χ4v) is 3.42. The van der Waals surface area contributed by atoms with E-state index in [1.165, 1.54) is 24.3 Å². The van der Waals surface area contributed by atoms with Gasteiger partial charge in [-0.05, 0) is 29.8 Å². The SMILES string of the molecule is O=C1Nc2ccccc2OC1CNS(=O)(=O)Cc1ccc(F)cc1. The molecule has 3 rings (SSSR count). The van der Waals surface area contributed by atoms with E-state index in [0.29, 0.717) is 17.0 Å². The van der Waals surface area contributed by atoms with E-state index in [4.69, 9.17) is 4.74 Å². The fourth-order valence-electron chi connectivity index (χ4n) is 2.28. The van der Waals surface area contributed by atoms with Gasteiger partial charge in [0, 0.05) is 0 Å². The van der Waals surface area contributed by atoms with Gasteiger partial charge in [-0.3, -0.25) is 4.79 Å². The van der Waals surface area contributed by atoms with E-state index in [0.717, 1.165) is 0 Å². The minimum Gasteiger partial charge on any atom is -0.477 e. The number of benzene rings is 2. The van der Waals surface area contributed by atoms with E-state index < -0.39 is 27.9 Å². The smallest absolute Gasteiger partial charge is 0.266 e. The lowest BCUT2D eigenvalue weighted by Crippen LogP contribution is -2.45. The molecule has 0 fully saturated rings. The van der Waals surface area contributed by atoms with Crippen LogP contribution in [-0.4, -0.2) is 27.0 Å². The number of hydrogen-bond acceptors (Lipinski definition) is 4. The van der Waals surface area contributed by atoms with Crippen molar-refractivity contribution < 1.29 is 22.3 Å². The molecule has 1 atom stereocenters. The highest BCUT2D eigenvalue weighted by Gasteiger charge is 2.28. The van der Waals surface area contributed by atoms with Crippen molar-refractivity contribution in [3.63, 3.8) is 0 Å². The van der Waals surface area contributed by atoms with Crippen molar-refractivity contribution in [3.8, 4) is 5.75 Å². The van der Waals surface area contributed by atoms with E-state index in [1.54, 1.807) is 24.3 Å². The van der Waals surface area contributed by atoms with Gasteiger partial charge >= 0.3 is 0 Å². The second kappa shape index (κ2) is 6.58.